The zero-order chi connectivity index (χ0) is 19.5. The quantitative estimate of drug-likeness (QED) is 0.674. The lowest BCUT2D eigenvalue weighted by molar-refractivity contribution is -0.117. The maximum atomic E-state index is 13.3. The second-order valence-electron chi connectivity index (χ2n) is 7.14. The molecule has 142 valence electrons. The van der Waals surface area contributed by atoms with Gasteiger partial charge in [0.1, 0.15) is 5.82 Å². The van der Waals surface area contributed by atoms with Crippen LogP contribution < -0.4 is 10.6 Å². The van der Waals surface area contributed by atoms with Crippen LogP contribution in [-0.4, -0.2) is 18.4 Å². The molecule has 3 aromatic carbocycles. The van der Waals surface area contributed by atoms with Gasteiger partial charge >= 0.3 is 0 Å². The molecule has 1 aliphatic carbocycles. The lowest BCUT2D eigenvalue weighted by Crippen LogP contribution is -2.27. The smallest absolute Gasteiger partial charge is 0.253 e. The molecule has 3 aromatic rings. The molecule has 0 aliphatic heterocycles. The molecule has 1 fully saturated rings. The molecule has 1 aliphatic rings. The Balaban J connectivity index is 1.52. The molecule has 1 saturated carbocycles. The largest absolute Gasteiger partial charge is 0.352 e. The fourth-order valence-corrected chi connectivity index (χ4v) is 3.22. The summed E-state index contributed by atoms with van der Waals surface area (Å²) in [7, 11) is 0. The number of nitrogens with one attached hydrogen (secondary N) is 2. The van der Waals surface area contributed by atoms with Gasteiger partial charge in [-0.15, -0.1) is 0 Å². The molecule has 0 unspecified atom stereocenters. The highest BCUT2D eigenvalue weighted by molar-refractivity contribution is 6.08. The van der Waals surface area contributed by atoms with Gasteiger partial charge in [-0.05, 0) is 59.9 Å². The standard InChI is InChI=1S/C23H21FN2O2/c24-19-7-3-4-15(12-19)10-11-25-23(28)20-13-17-5-1-2-6-18(17)14-21(20)26-22(27)16-8-9-16/h1-7,12-14,16H,8-11H2,(H,25,28)(H,26,27). The Morgan fingerprint density at radius 1 is 0.964 bits per heavy atom. The second kappa shape index (κ2) is 7.80. The summed E-state index contributed by atoms with van der Waals surface area (Å²) >= 11 is 0. The summed E-state index contributed by atoms with van der Waals surface area (Å²) < 4.78 is 13.3. The second-order valence-corrected chi connectivity index (χ2v) is 7.14. The SMILES string of the molecule is O=C(NCCc1cccc(F)c1)c1cc2ccccc2cc1NC(=O)C1CC1. The van der Waals surface area contributed by atoms with Crippen molar-refractivity contribution in [2.75, 3.05) is 11.9 Å². The lowest BCUT2D eigenvalue weighted by atomic mass is 10.0. The molecular weight excluding hydrogens is 355 g/mol. The van der Waals surface area contributed by atoms with Crippen LogP contribution in [0.4, 0.5) is 10.1 Å². The number of amides is 2. The van der Waals surface area contributed by atoms with E-state index in [1.54, 1.807) is 12.1 Å². The minimum atomic E-state index is -0.288. The Morgan fingerprint density at radius 3 is 2.43 bits per heavy atom. The van der Waals surface area contributed by atoms with Crippen LogP contribution in [0.5, 0.6) is 0 Å². The first-order chi connectivity index (χ1) is 13.6. The van der Waals surface area contributed by atoms with Gasteiger partial charge in [-0.1, -0.05) is 36.4 Å². The molecule has 2 N–H and O–H groups in total. The molecule has 0 saturated heterocycles. The molecule has 4 rings (SSSR count). The van der Waals surface area contributed by atoms with Crippen molar-refractivity contribution in [2.24, 2.45) is 5.92 Å². The van der Waals surface area contributed by atoms with Crippen molar-refractivity contribution in [3.63, 3.8) is 0 Å². The highest BCUT2D eigenvalue weighted by atomic mass is 19.1. The van der Waals surface area contributed by atoms with E-state index in [-0.39, 0.29) is 23.5 Å². The predicted octanol–water partition coefficient (Wildman–Crippen LogP) is 4.30. The number of benzene rings is 3. The number of carbonyl (C=O) groups is 2. The van der Waals surface area contributed by atoms with Gasteiger partial charge < -0.3 is 10.6 Å². The highest BCUT2D eigenvalue weighted by Gasteiger charge is 2.30. The van der Waals surface area contributed by atoms with Gasteiger partial charge in [0, 0.05) is 12.5 Å². The van der Waals surface area contributed by atoms with Crippen molar-refractivity contribution in [1.29, 1.82) is 0 Å². The molecule has 0 aromatic heterocycles. The molecule has 0 atom stereocenters. The van der Waals surface area contributed by atoms with Crippen LogP contribution in [0.2, 0.25) is 0 Å². The Bertz CT molecular complexity index is 1040. The Morgan fingerprint density at radius 2 is 1.71 bits per heavy atom. The van der Waals surface area contributed by atoms with Crippen LogP contribution in [0, 0.1) is 11.7 Å². The number of rotatable bonds is 6. The van der Waals surface area contributed by atoms with Crippen LogP contribution in [0.15, 0.2) is 60.7 Å². The molecular formula is C23H21FN2O2. The summed E-state index contributed by atoms with van der Waals surface area (Å²) in [6.07, 6.45) is 2.32. The van der Waals surface area contributed by atoms with Gasteiger partial charge in [0.15, 0.2) is 0 Å². The molecule has 0 radical (unpaired) electrons. The van der Waals surface area contributed by atoms with Crippen molar-refractivity contribution in [1.82, 2.24) is 5.32 Å². The summed E-state index contributed by atoms with van der Waals surface area (Å²) in [6, 6.07) is 17.7. The average molecular weight is 376 g/mol. The molecule has 2 amide bonds. The van der Waals surface area contributed by atoms with Crippen molar-refractivity contribution >= 4 is 28.3 Å². The first-order valence-electron chi connectivity index (χ1n) is 9.46. The number of anilines is 1. The minimum absolute atomic E-state index is 0.0379. The molecule has 0 heterocycles. The van der Waals surface area contributed by atoms with E-state index >= 15 is 0 Å². The van der Waals surface area contributed by atoms with E-state index in [0.717, 1.165) is 29.2 Å². The fraction of sp³-hybridized carbons (Fsp3) is 0.217. The molecule has 4 nitrogen and oxygen atoms in total. The monoisotopic (exact) mass is 376 g/mol. The number of hydrogen-bond acceptors (Lipinski definition) is 2. The van der Waals surface area contributed by atoms with E-state index in [9.17, 15) is 14.0 Å². The Kier molecular flexibility index (Phi) is 5.06. The lowest BCUT2D eigenvalue weighted by Gasteiger charge is -2.13. The van der Waals surface area contributed by atoms with E-state index in [1.807, 2.05) is 36.4 Å². The Labute approximate surface area is 162 Å². The highest BCUT2D eigenvalue weighted by Crippen LogP contribution is 2.32. The molecule has 5 heteroatoms. The average Bonchev–Trinajstić information content (AvgIpc) is 3.53. The summed E-state index contributed by atoms with van der Waals surface area (Å²) in [5, 5.41) is 7.68. The van der Waals surface area contributed by atoms with Crippen molar-refractivity contribution in [2.45, 2.75) is 19.3 Å². The van der Waals surface area contributed by atoms with E-state index in [1.165, 1.54) is 12.1 Å². The van der Waals surface area contributed by atoms with Gasteiger partial charge in [-0.3, -0.25) is 9.59 Å². The van der Waals surface area contributed by atoms with E-state index < -0.39 is 0 Å². The summed E-state index contributed by atoms with van der Waals surface area (Å²) in [5.74, 6) is -0.531. The third kappa shape index (κ3) is 4.19. The number of halogens is 1. The third-order valence-electron chi connectivity index (χ3n) is 4.92. The van der Waals surface area contributed by atoms with Crippen molar-refractivity contribution in [3.8, 4) is 0 Å². The van der Waals surface area contributed by atoms with Gasteiger partial charge in [-0.2, -0.15) is 0 Å². The van der Waals surface area contributed by atoms with Crippen LogP contribution in [0.3, 0.4) is 0 Å². The number of fused-ring (bicyclic) bond motifs is 1. The third-order valence-corrected chi connectivity index (χ3v) is 4.92. The summed E-state index contributed by atoms with van der Waals surface area (Å²) in [5.41, 5.74) is 1.78. The summed E-state index contributed by atoms with van der Waals surface area (Å²) in [4.78, 5) is 25.0. The number of hydrogen-bond donors (Lipinski definition) is 2. The molecule has 0 spiro atoms. The van der Waals surface area contributed by atoms with E-state index in [2.05, 4.69) is 10.6 Å². The molecule has 0 bridgehead atoms. The van der Waals surface area contributed by atoms with Gasteiger partial charge in [0.2, 0.25) is 5.91 Å². The Hall–Kier alpha value is -3.21. The van der Waals surface area contributed by atoms with Crippen LogP contribution in [0.25, 0.3) is 10.8 Å². The first kappa shape index (κ1) is 18.2. The van der Waals surface area contributed by atoms with Crippen molar-refractivity contribution < 1.29 is 14.0 Å². The van der Waals surface area contributed by atoms with Gasteiger partial charge in [-0.25, -0.2) is 4.39 Å². The van der Waals surface area contributed by atoms with E-state index in [0.29, 0.717) is 24.2 Å². The van der Waals surface area contributed by atoms with Crippen LogP contribution >= 0.6 is 0 Å². The predicted molar refractivity (Wildman–Crippen MR) is 108 cm³/mol. The summed E-state index contributed by atoms with van der Waals surface area (Å²) in [6.45, 7) is 0.380. The zero-order valence-electron chi connectivity index (χ0n) is 15.4. The number of carbonyl (C=O) groups excluding carboxylic acids is 2. The topological polar surface area (TPSA) is 58.2 Å². The molecule has 28 heavy (non-hydrogen) atoms. The normalized spacial score (nSPS) is 13.3. The maximum Gasteiger partial charge on any atom is 0.253 e. The minimum Gasteiger partial charge on any atom is -0.352 e. The van der Waals surface area contributed by atoms with E-state index in [4.69, 9.17) is 0 Å². The first-order valence-corrected chi connectivity index (χ1v) is 9.46. The van der Waals surface area contributed by atoms with Gasteiger partial charge in [0.05, 0.1) is 11.3 Å². The fourth-order valence-electron chi connectivity index (χ4n) is 3.22. The van der Waals surface area contributed by atoms with Crippen molar-refractivity contribution in [3.05, 3.63) is 77.6 Å². The zero-order valence-corrected chi connectivity index (χ0v) is 15.4. The van der Waals surface area contributed by atoms with Gasteiger partial charge in [0.25, 0.3) is 5.91 Å². The van der Waals surface area contributed by atoms with Crippen LogP contribution in [-0.2, 0) is 11.2 Å². The van der Waals surface area contributed by atoms with Crippen LogP contribution in [0.1, 0.15) is 28.8 Å². The maximum absolute atomic E-state index is 13.3.